The monoisotopic (exact) mass is 650 g/mol. The minimum absolute atomic E-state index is 0.00399. The molecule has 4 aromatic rings. The van der Waals surface area contributed by atoms with Crippen molar-refractivity contribution in [1.82, 2.24) is 0 Å². The van der Waals surface area contributed by atoms with E-state index in [4.69, 9.17) is 18.9 Å². The maximum atomic E-state index is 13.8. The normalized spacial score (nSPS) is 12.2. The number of ether oxygens (including phenoxy) is 4. The smallest absolute Gasteiger partial charge is 0.320 e. The fourth-order valence-corrected chi connectivity index (χ4v) is 5.98. The van der Waals surface area contributed by atoms with Gasteiger partial charge >= 0.3 is 23.9 Å². The SMILES string of the molecule is CCOC(=O)C(C(=O)OCC)[C@@H](c1ccc(-c2ccccc2)cc1)[C@@H](c1ccc(-c2ccccc2)cc1)C(C(=O)OCC)C(=O)OCC. The molecule has 0 N–H and O–H groups in total. The van der Waals surface area contributed by atoms with Crippen LogP contribution in [0.4, 0.5) is 0 Å². The summed E-state index contributed by atoms with van der Waals surface area (Å²) in [6.45, 7) is 6.59. The van der Waals surface area contributed by atoms with Gasteiger partial charge in [-0.05, 0) is 61.1 Å². The summed E-state index contributed by atoms with van der Waals surface area (Å²) >= 11 is 0. The van der Waals surface area contributed by atoms with Crippen molar-refractivity contribution in [1.29, 1.82) is 0 Å². The number of hydrogen-bond donors (Lipinski definition) is 0. The molecule has 4 rings (SSSR count). The van der Waals surface area contributed by atoms with Crippen molar-refractivity contribution < 1.29 is 38.1 Å². The van der Waals surface area contributed by atoms with Gasteiger partial charge in [0, 0.05) is 11.8 Å². The van der Waals surface area contributed by atoms with Crippen LogP contribution in [0, 0.1) is 11.8 Å². The second-order valence-electron chi connectivity index (χ2n) is 11.0. The highest BCUT2D eigenvalue weighted by Gasteiger charge is 2.50. The lowest BCUT2D eigenvalue weighted by atomic mass is 9.68. The average Bonchev–Trinajstić information content (AvgIpc) is 3.11. The van der Waals surface area contributed by atoms with Crippen molar-refractivity contribution in [3.8, 4) is 22.3 Å². The molecule has 250 valence electrons. The molecule has 8 nitrogen and oxygen atoms in total. The summed E-state index contributed by atoms with van der Waals surface area (Å²) in [7, 11) is 0. The molecule has 0 amide bonds. The zero-order valence-corrected chi connectivity index (χ0v) is 27.8. The molecule has 4 aromatic carbocycles. The summed E-state index contributed by atoms with van der Waals surface area (Å²) in [6.07, 6.45) is 0. The highest BCUT2D eigenvalue weighted by atomic mass is 16.6. The molecule has 0 aliphatic rings. The molecule has 0 aromatic heterocycles. The van der Waals surface area contributed by atoms with Crippen LogP contribution in [0.15, 0.2) is 109 Å². The van der Waals surface area contributed by atoms with Crippen molar-refractivity contribution in [2.75, 3.05) is 26.4 Å². The Bertz CT molecular complexity index is 1470. The zero-order valence-electron chi connectivity index (χ0n) is 27.8. The molecular formula is C40H42O8. The minimum Gasteiger partial charge on any atom is -0.465 e. The van der Waals surface area contributed by atoms with E-state index in [0.29, 0.717) is 11.1 Å². The molecule has 0 spiro atoms. The van der Waals surface area contributed by atoms with E-state index >= 15 is 0 Å². The van der Waals surface area contributed by atoms with Gasteiger partial charge in [-0.2, -0.15) is 0 Å². The van der Waals surface area contributed by atoms with Crippen LogP contribution in [0.2, 0.25) is 0 Å². The number of hydrogen-bond acceptors (Lipinski definition) is 8. The maximum Gasteiger partial charge on any atom is 0.320 e. The van der Waals surface area contributed by atoms with Crippen molar-refractivity contribution in [3.05, 3.63) is 120 Å². The van der Waals surface area contributed by atoms with Gasteiger partial charge in [-0.3, -0.25) is 19.2 Å². The van der Waals surface area contributed by atoms with Gasteiger partial charge in [0.2, 0.25) is 0 Å². The summed E-state index contributed by atoms with van der Waals surface area (Å²) in [4.78, 5) is 55.2. The van der Waals surface area contributed by atoms with Gasteiger partial charge in [-0.25, -0.2) is 0 Å². The minimum atomic E-state index is -1.53. The largest absolute Gasteiger partial charge is 0.465 e. The predicted octanol–water partition coefficient (Wildman–Crippen LogP) is 7.37. The van der Waals surface area contributed by atoms with E-state index in [9.17, 15) is 19.2 Å². The molecule has 0 aliphatic carbocycles. The second kappa shape index (κ2) is 17.6. The van der Waals surface area contributed by atoms with E-state index in [1.165, 1.54) is 0 Å². The van der Waals surface area contributed by atoms with Crippen LogP contribution in [0.1, 0.15) is 50.7 Å². The Labute approximate surface area is 282 Å². The van der Waals surface area contributed by atoms with E-state index in [-0.39, 0.29) is 26.4 Å². The lowest BCUT2D eigenvalue weighted by molar-refractivity contribution is -0.169. The summed E-state index contributed by atoms with van der Waals surface area (Å²) in [5, 5.41) is 0. The fourth-order valence-electron chi connectivity index (χ4n) is 5.98. The van der Waals surface area contributed by atoms with Gasteiger partial charge in [0.05, 0.1) is 26.4 Å². The van der Waals surface area contributed by atoms with Gasteiger partial charge in [0.1, 0.15) is 0 Å². The number of carbonyl (C=O) groups is 4. The Morgan fingerprint density at radius 1 is 0.396 bits per heavy atom. The van der Waals surface area contributed by atoms with E-state index in [1.54, 1.807) is 52.0 Å². The van der Waals surface area contributed by atoms with E-state index in [0.717, 1.165) is 22.3 Å². The first-order chi connectivity index (χ1) is 23.3. The first-order valence-electron chi connectivity index (χ1n) is 16.3. The summed E-state index contributed by atoms with van der Waals surface area (Å²) in [5.74, 6) is -8.58. The lowest BCUT2D eigenvalue weighted by Gasteiger charge is -2.35. The maximum absolute atomic E-state index is 13.8. The number of esters is 4. The predicted molar refractivity (Wildman–Crippen MR) is 183 cm³/mol. The molecule has 48 heavy (non-hydrogen) atoms. The van der Waals surface area contributed by atoms with Crippen LogP contribution in [0.25, 0.3) is 22.3 Å². The number of benzene rings is 4. The molecule has 0 saturated heterocycles. The van der Waals surface area contributed by atoms with Crippen LogP contribution in [-0.4, -0.2) is 50.3 Å². The topological polar surface area (TPSA) is 105 Å². The van der Waals surface area contributed by atoms with Crippen LogP contribution in [0.3, 0.4) is 0 Å². The van der Waals surface area contributed by atoms with Gasteiger partial charge in [-0.1, -0.05) is 109 Å². The third-order valence-corrected chi connectivity index (χ3v) is 8.07. The van der Waals surface area contributed by atoms with Gasteiger partial charge < -0.3 is 18.9 Å². The molecule has 0 aliphatic heterocycles. The number of rotatable bonds is 15. The summed E-state index contributed by atoms with van der Waals surface area (Å²) in [6, 6.07) is 34.2. The van der Waals surface area contributed by atoms with Crippen molar-refractivity contribution in [2.45, 2.75) is 39.5 Å². The molecule has 2 atom stereocenters. The second-order valence-corrected chi connectivity index (χ2v) is 11.0. The van der Waals surface area contributed by atoms with Crippen LogP contribution in [-0.2, 0) is 38.1 Å². The first-order valence-corrected chi connectivity index (χ1v) is 16.3. The average molecular weight is 651 g/mol. The van der Waals surface area contributed by atoms with Crippen molar-refractivity contribution >= 4 is 23.9 Å². The third-order valence-electron chi connectivity index (χ3n) is 8.07. The molecule has 0 radical (unpaired) electrons. The van der Waals surface area contributed by atoms with Crippen molar-refractivity contribution in [3.63, 3.8) is 0 Å². The molecule has 8 heteroatoms. The Morgan fingerprint density at radius 2 is 0.646 bits per heavy atom. The Kier molecular flexibility index (Phi) is 13.1. The zero-order chi connectivity index (χ0) is 34.5. The molecule has 0 unspecified atom stereocenters. The standard InChI is InChI=1S/C40H42O8/c1-5-45-37(41)35(38(42)46-6-2)33(31-23-19-29(20-24-31)27-15-11-9-12-16-27)34(36(39(43)47-7-3)40(44)48-8-4)32-25-21-30(22-26-32)28-17-13-10-14-18-28/h9-26,33-36H,5-8H2,1-4H3/t33-,34+. The quantitative estimate of drug-likeness (QED) is 0.0746. The molecule has 0 heterocycles. The molecule has 0 bridgehead atoms. The third kappa shape index (κ3) is 8.56. The highest BCUT2D eigenvalue weighted by molar-refractivity contribution is 5.99. The van der Waals surface area contributed by atoms with Gasteiger partial charge in [0.25, 0.3) is 0 Å². The van der Waals surface area contributed by atoms with Crippen LogP contribution >= 0.6 is 0 Å². The van der Waals surface area contributed by atoms with E-state index in [2.05, 4.69) is 0 Å². The van der Waals surface area contributed by atoms with Gasteiger partial charge in [0.15, 0.2) is 11.8 Å². The highest BCUT2D eigenvalue weighted by Crippen LogP contribution is 2.46. The van der Waals surface area contributed by atoms with Crippen LogP contribution in [0.5, 0.6) is 0 Å². The summed E-state index contributed by atoms with van der Waals surface area (Å²) < 4.78 is 21.8. The van der Waals surface area contributed by atoms with E-state index < -0.39 is 47.5 Å². The summed E-state index contributed by atoms with van der Waals surface area (Å²) in [5.41, 5.74) is 4.79. The lowest BCUT2D eigenvalue weighted by Crippen LogP contribution is -2.42. The Hall–Kier alpha value is -5.24. The first kappa shape index (κ1) is 35.6. The Balaban J connectivity index is 2.00. The molecule has 0 fully saturated rings. The fraction of sp³-hybridized carbons (Fsp3) is 0.300. The van der Waals surface area contributed by atoms with E-state index in [1.807, 2.05) is 84.9 Å². The van der Waals surface area contributed by atoms with Gasteiger partial charge in [-0.15, -0.1) is 0 Å². The Morgan fingerprint density at radius 3 is 0.896 bits per heavy atom. The molecular weight excluding hydrogens is 608 g/mol. The number of carbonyl (C=O) groups excluding carboxylic acids is 4. The van der Waals surface area contributed by atoms with Crippen molar-refractivity contribution in [2.24, 2.45) is 11.8 Å². The van der Waals surface area contributed by atoms with Crippen LogP contribution < -0.4 is 0 Å². The molecule has 0 saturated carbocycles.